The Morgan fingerprint density at radius 3 is 2.95 bits per heavy atom. The third-order valence-electron chi connectivity index (χ3n) is 3.46. The van der Waals surface area contributed by atoms with E-state index in [1.54, 1.807) is 0 Å². The van der Waals surface area contributed by atoms with Gasteiger partial charge in [-0.2, -0.15) is 0 Å². The topological polar surface area (TPSA) is 50.4 Å². The third kappa shape index (κ3) is 2.90. The Kier molecular flexibility index (Phi) is 3.88. The van der Waals surface area contributed by atoms with Crippen LogP contribution >= 0.6 is 0 Å². The maximum atomic E-state index is 11.7. The minimum Gasteiger partial charge on any atom is -0.494 e. The van der Waals surface area contributed by atoms with Crippen LogP contribution in [0.1, 0.15) is 18.9 Å². The molecule has 3 rings (SSSR count). The lowest BCUT2D eigenvalue weighted by Gasteiger charge is -2.08. The smallest absolute Gasteiger partial charge is 0.262 e. The standard InChI is InChI=1S/C17H18N2O2/c1-2-8-21-15-7-6-12-4-3-5-13(16(12)10-15)9-14-11-18-19-17(14)20/h3-7,9-10,18H,2,8,11H2,1H3,(H,19,20)/b14-9+. The van der Waals surface area contributed by atoms with Gasteiger partial charge in [-0.1, -0.05) is 31.2 Å². The maximum absolute atomic E-state index is 11.7. The van der Waals surface area contributed by atoms with E-state index in [9.17, 15) is 4.79 Å². The Hall–Kier alpha value is -2.33. The van der Waals surface area contributed by atoms with Gasteiger partial charge in [-0.05, 0) is 41.0 Å². The van der Waals surface area contributed by atoms with Gasteiger partial charge in [0, 0.05) is 12.1 Å². The molecular formula is C17H18N2O2. The number of nitrogens with one attached hydrogen (secondary N) is 2. The van der Waals surface area contributed by atoms with Crippen LogP contribution in [0.4, 0.5) is 0 Å². The highest BCUT2D eigenvalue weighted by Gasteiger charge is 2.15. The van der Waals surface area contributed by atoms with E-state index in [0.29, 0.717) is 13.2 Å². The van der Waals surface area contributed by atoms with Crippen molar-refractivity contribution < 1.29 is 9.53 Å². The molecule has 0 saturated carbocycles. The van der Waals surface area contributed by atoms with Crippen molar-refractivity contribution in [2.45, 2.75) is 13.3 Å². The quantitative estimate of drug-likeness (QED) is 0.848. The molecule has 2 N–H and O–H groups in total. The lowest BCUT2D eigenvalue weighted by molar-refractivity contribution is -0.116. The SMILES string of the molecule is CCCOc1ccc2cccc(/C=C3\CNNC3=O)c2c1. The summed E-state index contributed by atoms with van der Waals surface area (Å²) in [6, 6.07) is 12.2. The molecule has 1 saturated heterocycles. The molecule has 1 amide bonds. The van der Waals surface area contributed by atoms with Crippen molar-refractivity contribution in [3.05, 3.63) is 47.5 Å². The number of hydrogen-bond acceptors (Lipinski definition) is 3. The fourth-order valence-electron chi connectivity index (χ4n) is 2.40. The van der Waals surface area contributed by atoms with Gasteiger partial charge in [0.05, 0.1) is 6.61 Å². The highest BCUT2D eigenvalue weighted by molar-refractivity contribution is 6.02. The number of rotatable bonds is 4. The molecule has 0 atom stereocenters. The first kappa shape index (κ1) is 13.6. The molecule has 1 fully saturated rings. The van der Waals surface area contributed by atoms with E-state index in [4.69, 9.17) is 4.74 Å². The molecule has 1 aliphatic rings. The fourth-order valence-corrected chi connectivity index (χ4v) is 2.40. The molecule has 0 unspecified atom stereocenters. The molecule has 0 aromatic heterocycles. The number of amides is 1. The number of carbonyl (C=O) groups excluding carboxylic acids is 1. The van der Waals surface area contributed by atoms with E-state index in [1.807, 2.05) is 30.3 Å². The van der Waals surface area contributed by atoms with E-state index in [1.165, 1.54) is 0 Å². The fraction of sp³-hybridized carbons (Fsp3) is 0.235. The minimum absolute atomic E-state index is 0.0645. The monoisotopic (exact) mass is 282 g/mol. The van der Waals surface area contributed by atoms with Gasteiger partial charge in [0.15, 0.2) is 0 Å². The summed E-state index contributed by atoms with van der Waals surface area (Å²) in [4.78, 5) is 11.7. The normalized spacial score (nSPS) is 16.4. The van der Waals surface area contributed by atoms with Crippen molar-refractivity contribution >= 4 is 22.8 Å². The zero-order chi connectivity index (χ0) is 14.7. The summed E-state index contributed by atoms with van der Waals surface area (Å²) in [7, 11) is 0. The maximum Gasteiger partial charge on any atom is 0.262 e. The number of hydrogen-bond donors (Lipinski definition) is 2. The van der Waals surface area contributed by atoms with Gasteiger partial charge in [0.25, 0.3) is 5.91 Å². The Morgan fingerprint density at radius 2 is 2.19 bits per heavy atom. The molecule has 2 aromatic rings. The molecular weight excluding hydrogens is 264 g/mol. The van der Waals surface area contributed by atoms with E-state index in [-0.39, 0.29) is 5.91 Å². The first-order valence-corrected chi connectivity index (χ1v) is 7.17. The van der Waals surface area contributed by atoms with Gasteiger partial charge >= 0.3 is 0 Å². The summed E-state index contributed by atoms with van der Waals surface area (Å²) in [5.74, 6) is 0.801. The van der Waals surface area contributed by atoms with Gasteiger partial charge in [-0.25, -0.2) is 5.43 Å². The highest BCUT2D eigenvalue weighted by Crippen LogP contribution is 2.26. The number of fused-ring (bicyclic) bond motifs is 1. The summed E-state index contributed by atoms with van der Waals surface area (Å²) < 4.78 is 5.70. The molecule has 4 heteroatoms. The molecule has 0 bridgehead atoms. The van der Waals surface area contributed by atoms with Crippen LogP contribution in [0.2, 0.25) is 0 Å². The summed E-state index contributed by atoms with van der Waals surface area (Å²) in [6.07, 6.45) is 2.91. The lowest BCUT2D eigenvalue weighted by Crippen LogP contribution is -2.25. The van der Waals surface area contributed by atoms with Gasteiger partial charge in [0.2, 0.25) is 0 Å². The minimum atomic E-state index is -0.0645. The van der Waals surface area contributed by atoms with E-state index in [0.717, 1.165) is 34.1 Å². The van der Waals surface area contributed by atoms with Crippen LogP contribution in [0.15, 0.2) is 42.0 Å². The van der Waals surface area contributed by atoms with Gasteiger partial charge in [0.1, 0.15) is 5.75 Å². The van der Waals surface area contributed by atoms with Gasteiger partial charge in [-0.15, -0.1) is 0 Å². The average Bonchev–Trinajstić information content (AvgIpc) is 2.91. The zero-order valence-electron chi connectivity index (χ0n) is 12.0. The van der Waals surface area contributed by atoms with Crippen molar-refractivity contribution in [3.8, 4) is 5.75 Å². The lowest BCUT2D eigenvalue weighted by atomic mass is 10.0. The number of ether oxygens (including phenoxy) is 1. The molecule has 1 aliphatic heterocycles. The molecule has 0 spiro atoms. The van der Waals surface area contributed by atoms with E-state index < -0.39 is 0 Å². The van der Waals surface area contributed by atoms with E-state index >= 15 is 0 Å². The zero-order valence-corrected chi connectivity index (χ0v) is 12.0. The Labute approximate surface area is 123 Å². The van der Waals surface area contributed by atoms with E-state index in [2.05, 4.69) is 29.9 Å². The Balaban J connectivity index is 2.03. The van der Waals surface area contributed by atoms with Crippen LogP contribution in [-0.2, 0) is 4.79 Å². The molecule has 108 valence electrons. The third-order valence-corrected chi connectivity index (χ3v) is 3.46. The summed E-state index contributed by atoms with van der Waals surface area (Å²) in [5, 5.41) is 2.23. The molecule has 21 heavy (non-hydrogen) atoms. The number of carbonyl (C=O) groups is 1. The van der Waals surface area contributed by atoms with Crippen molar-refractivity contribution in [2.24, 2.45) is 0 Å². The van der Waals surface area contributed by atoms with Crippen LogP contribution in [-0.4, -0.2) is 19.1 Å². The predicted octanol–water partition coefficient (Wildman–Crippen LogP) is 2.65. The second-order valence-corrected chi connectivity index (χ2v) is 5.06. The van der Waals surface area contributed by atoms with Crippen LogP contribution < -0.4 is 15.6 Å². The predicted molar refractivity (Wildman–Crippen MR) is 83.9 cm³/mol. The van der Waals surface area contributed by atoms with Crippen molar-refractivity contribution in [2.75, 3.05) is 13.2 Å². The van der Waals surface area contributed by atoms with Gasteiger partial charge < -0.3 is 4.74 Å². The van der Waals surface area contributed by atoms with Crippen LogP contribution in [0.3, 0.4) is 0 Å². The number of benzene rings is 2. The largest absolute Gasteiger partial charge is 0.494 e. The van der Waals surface area contributed by atoms with Crippen molar-refractivity contribution in [1.82, 2.24) is 10.9 Å². The Morgan fingerprint density at radius 1 is 1.29 bits per heavy atom. The summed E-state index contributed by atoms with van der Waals surface area (Å²) in [6.45, 7) is 3.34. The first-order valence-electron chi connectivity index (χ1n) is 7.17. The van der Waals surface area contributed by atoms with Crippen molar-refractivity contribution in [3.63, 3.8) is 0 Å². The van der Waals surface area contributed by atoms with Crippen LogP contribution in [0.25, 0.3) is 16.8 Å². The second-order valence-electron chi connectivity index (χ2n) is 5.06. The van der Waals surface area contributed by atoms with Crippen molar-refractivity contribution in [1.29, 1.82) is 0 Å². The second kappa shape index (κ2) is 5.97. The van der Waals surface area contributed by atoms with Crippen LogP contribution in [0.5, 0.6) is 5.75 Å². The molecule has 1 heterocycles. The molecule has 0 aliphatic carbocycles. The first-order chi connectivity index (χ1) is 10.3. The molecule has 0 radical (unpaired) electrons. The van der Waals surface area contributed by atoms with Gasteiger partial charge in [-0.3, -0.25) is 10.2 Å². The molecule has 4 nitrogen and oxygen atoms in total. The summed E-state index contributed by atoms with van der Waals surface area (Å²) in [5.41, 5.74) is 7.20. The molecule has 2 aromatic carbocycles. The summed E-state index contributed by atoms with van der Waals surface area (Å²) >= 11 is 0. The highest BCUT2D eigenvalue weighted by atomic mass is 16.5. The average molecular weight is 282 g/mol. The van der Waals surface area contributed by atoms with Crippen LogP contribution in [0, 0.1) is 0 Å². The number of hydrazine groups is 1. The Bertz CT molecular complexity index is 707.